The molecule has 0 heterocycles. The van der Waals surface area contributed by atoms with E-state index < -0.39 is 0 Å². The Bertz CT molecular complexity index is 389. The first-order valence-corrected chi connectivity index (χ1v) is 7.71. The van der Waals surface area contributed by atoms with Gasteiger partial charge in [-0.3, -0.25) is 0 Å². The molecule has 0 aromatic heterocycles. The van der Waals surface area contributed by atoms with Gasteiger partial charge in [0.05, 0.1) is 6.61 Å². The minimum absolute atomic E-state index is 0.144. The molecule has 100 valence electrons. The third-order valence-electron chi connectivity index (χ3n) is 6.53. The maximum atomic E-state index is 9.74. The molecule has 3 saturated carbocycles. The average molecular weight is 248 g/mol. The molecule has 4 aliphatic rings. The summed E-state index contributed by atoms with van der Waals surface area (Å²) in [4.78, 5) is 0. The predicted octanol–water partition coefficient (Wildman–Crippen LogP) is 2.36. The minimum atomic E-state index is 0.144. The van der Waals surface area contributed by atoms with Gasteiger partial charge >= 0.3 is 0 Å². The number of rotatable bonds is 3. The number of allylic oxidation sites excluding steroid dienone is 1. The van der Waals surface area contributed by atoms with E-state index in [1.54, 1.807) is 5.57 Å². The van der Waals surface area contributed by atoms with Crippen LogP contribution in [0.1, 0.15) is 38.5 Å². The number of fused-ring (bicyclic) bond motifs is 8. The zero-order valence-corrected chi connectivity index (χ0v) is 11.0. The summed E-state index contributed by atoms with van der Waals surface area (Å²) in [6.07, 6.45) is 10.00. The highest BCUT2D eigenvalue weighted by molar-refractivity contribution is 5.31. The van der Waals surface area contributed by atoms with Gasteiger partial charge in [0.2, 0.25) is 0 Å². The summed E-state index contributed by atoms with van der Waals surface area (Å²) in [6, 6.07) is 0. The predicted molar refractivity (Wildman–Crippen MR) is 69.8 cm³/mol. The van der Waals surface area contributed by atoms with Crippen molar-refractivity contribution in [2.24, 2.45) is 35.0 Å². The standard InChI is InChI=1S/C16H24O2/c17-4-2-10-5-12-6-13(10)14-8-16(9-18)3-1-11(7-16)15(12)14/h8,10-13,15,17-18H,1-7,9H2. The molecule has 0 aromatic carbocycles. The Morgan fingerprint density at radius 1 is 1.22 bits per heavy atom. The molecule has 6 atom stereocenters. The van der Waals surface area contributed by atoms with E-state index in [1.165, 1.54) is 32.1 Å². The quantitative estimate of drug-likeness (QED) is 0.753. The molecule has 0 spiro atoms. The van der Waals surface area contributed by atoms with Crippen LogP contribution in [-0.2, 0) is 0 Å². The third-order valence-corrected chi connectivity index (χ3v) is 6.53. The van der Waals surface area contributed by atoms with E-state index in [0.29, 0.717) is 13.2 Å². The molecule has 18 heavy (non-hydrogen) atoms. The first kappa shape index (κ1) is 11.5. The van der Waals surface area contributed by atoms with E-state index in [4.69, 9.17) is 0 Å². The monoisotopic (exact) mass is 248 g/mol. The fraction of sp³-hybridized carbons (Fsp3) is 0.875. The maximum absolute atomic E-state index is 9.74. The Morgan fingerprint density at radius 3 is 2.89 bits per heavy atom. The van der Waals surface area contributed by atoms with Crippen LogP contribution in [0.2, 0.25) is 0 Å². The normalized spacial score (nSPS) is 52.6. The Kier molecular flexibility index (Phi) is 2.44. The molecular formula is C16H24O2. The molecule has 4 rings (SSSR count). The van der Waals surface area contributed by atoms with Crippen molar-refractivity contribution < 1.29 is 10.2 Å². The van der Waals surface area contributed by atoms with Crippen LogP contribution in [0.4, 0.5) is 0 Å². The van der Waals surface area contributed by atoms with Gasteiger partial charge in [0.15, 0.2) is 0 Å². The molecule has 0 radical (unpaired) electrons. The first-order chi connectivity index (χ1) is 8.76. The molecule has 0 aliphatic heterocycles. The highest BCUT2D eigenvalue weighted by Gasteiger charge is 2.56. The minimum Gasteiger partial charge on any atom is -0.396 e. The van der Waals surface area contributed by atoms with E-state index in [0.717, 1.165) is 36.0 Å². The second-order valence-corrected chi connectivity index (χ2v) is 7.30. The maximum Gasteiger partial charge on any atom is 0.0522 e. The lowest BCUT2D eigenvalue weighted by atomic mass is 9.65. The Morgan fingerprint density at radius 2 is 2.11 bits per heavy atom. The SMILES string of the molecule is OCCC1CC2CC1C1=CC3(CO)CCC(C3)C12. The van der Waals surface area contributed by atoms with E-state index >= 15 is 0 Å². The van der Waals surface area contributed by atoms with Crippen LogP contribution in [0, 0.1) is 35.0 Å². The van der Waals surface area contributed by atoms with Gasteiger partial charge in [0.25, 0.3) is 0 Å². The summed E-state index contributed by atoms with van der Waals surface area (Å²) in [6.45, 7) is 0.697. The molecule has 2 nitrogen and oxygen atoms in total. The van der Waals surface area contributed by atoms with Gasteiger partial charge in [0, 0.05) is 12.0 Å². The Balaban J connectivity index is 1.68. The summed E-state index contributed by atoms with van der Waals surface area (Å²) in [7, 11) is 0. The van der Waals surface area contributed by atoms with Crippen molar-refractivity contribution in [3.63, 3.8) is 0 Å². The molecule has 2 heteroatoms. The molecule has 0 saturated heterocycles. The third kappa shape index (κ3) is 1.36. The summed E-state index contributed by atoms with van der Waals surface area (Å²) >= 11 is 0. The van der Waals surface area contributed by atoms with Crippen LogP contribution < -0.4 is 0 Å². The zero-order valence-electron chi connectivity index (χ0n) is 11.0. The van der Waals surface area contributed by atoms with Gasteiger partial charge in [-0.2, -0.15) is 0 Å². The van der Waals surface area contributed by atoms with Crippen molar-refractivity contribution in [1.29, 1.82) is 0 Å². The van der Waals surface area contributed by atoms with E-state index in [-0.39, 0.29) is 5.41 Å². The molecule has 2 N–H and O–H groups in total. The van der Waals surface area contributed by atoms with Crippen LogP contribution in [0.25, 0.3) is 0 Å². The topological polar surface area (TPSA) is 40.5 Å². The highest BCUT2D eigenvalue weighted by Crippen LogP contribution is 2.65. The van der Waals surface area contributed by atoms with Crippen LogP contribution >= 0.6 is 0 Å². The molecular weight excluding hydrogens is 224 g/mol. The van der Waals surface area contributed by atoms with Gasteiger partial charge < -0.3 is 10.2 Å². The van der Waals surface area contributed by atoms with Crippen molar-refractivity contribution in [3.8, 4) is 0 Å². The number of aliphatic hydroxyl groups excluding tert-OH is 2. The number of hydrogen-bond acceptors (Lipinski definition) is 2. The van der Waals surface area contributed by atoms with Crippen molar-refractivity contribution in [2.75, 3.05) is 13.2 Å². The van der Waals surface area contributed by atoms with Crippen molar-refractivity contribution >= 4 is 0 Å². The van der Waals surface area contributed by atoms with Gasteiger partial charge in [-0.15, -0.1) is 0 Å². The second kappa shape index (κ2) is 3.83. The lowest BCUT2D eigenvalue weighted by molar-refractivity contribution is 0.139. The second-order valence-electron chi connectivity index (χ2n) is 7.30. The first-order valence-electron chi connectivity index (χ1n) is 7.71. The van der Waals surface area contributed by atoms with E-state index in [1.807, 2.05) is 0 Å². The summed E-state index contributed by atoms with van der Waals surface area (Å²) < 4.78 is 0. The van der Waals surface area contributed by atoms with Crippen molar-refractivity contribution in [1.82, 2.24) is 0 Å². The van der Waals surface area contributed by atoms with Crippen molar-refractivity contribution in [3.05, 3.63) is 11.6 Å². The van der Waals surface area contributed by atoms with Gasteiger partial charge in [-0.05, 0) is 68.1 Å². The lowest BCUT2D eigenvalue weighted by Crippen LogP contribution is -2.33. The van der Waals surface area contributed by atoms with Crippen molar-refractivity contribution in [2.45, 2.75) is 38.5 Å². The average Bonchev–Trinajstić information content (AvgIpc) is 3.03. The zero-order chi connectivity index (χ0) is 12.3. The van der Waals surface area contributed by atoms with Gasteiger partial charge in [0.1, 0.15) is 0 Å². The lowest BCUT2D eigenvalue weighted by Gasteiger charge is -2.40. The number of hydrogen-bond donors (Lipinski definition) is 2. The largest absolute Gasteiger partial charge is 0.396 e. The van der Waals surface area contributed by atoms with Crippen LogP contribution in [0.3, 0.4) is 0 Å². The number of aliphatic hydroxyl groups is 2. The smallest absolute Gasteiger partial charge is 0.0522 e. The molecule has 0 amide bonds. The molecule has 3 fully saturated rings. The fourth-order valence-corrected chi connectivity index (χ4v) is 5.91. The summed E-state index contributed by atoms with van der Waals surface area (Å²) in [5.74, 6) is 4.10. The molecule has 6 unspecified atom stereocenters. The summed E-state index contributed by atoms with van der Waals surface area (Å²) in [5.41, 5.74) is 1.84. The van der Waals surface area contributed by atoms with E-state index in [2.05, 4.69) is 6.08 Å². The molecule has 0 aromatic rings. The van der Waals surface area contributed by atoms with Crippen LogP contribution in [0.15, 0.2) is 11.6 Å². The van der Waals surface area contributed by atoms with Crippen LogP contribution in [-0.4, -0.2) is 23.4 Å². The molecule has 4 bridgehead atoms. The Labute approximate surface area is 109 Å². The fourth-order valence-electron chi connectivity index (χ4n) is 5.91. The van der Waals surface area contributed by atoms with E-state index in [9.17, 15) is 10.2 Å². The highest BCUT2D eigenvalue weighted by atomic mass is 16.3. The van der Waals surface area contributed by atoms with Gasteiger partial charge in [-0.25, -0.2) is 0 Å². The summed E-state index contributed by atoms with van der Waals surface area (Å²) in [5, 5.41) is 18.9. The Hall–Kier alpha value is -0.340. The van der Waals surface area contributed by atoms with Gasteiger partial charge in [-0.1, -0.05) is 11.6 Å². The molecule has 4 aliphatic carbocycles. The van der Waals surface area contributed by atoms with Crippen LogP contribution in [0.5, 0.6) is 0 Å².